The van der Waals surface area contributed by atoms with Crippen molar-refractivity contribution >= 4 is 23.8 Å². The van der Waals surface area contributed by atoms with E-state index in [-0.39, 0.29) is 0 Å². The van der Waals surface area contributed by atoms with Crippen LogP contribution in [0.1, 0.15) is 0 Å². The predicted octanol–water partition coefficient (Wildman–Crippen LogP) is 2.47. The Labute approximate surface area is 63.4 Å². The molecule has 0 unspecified atom stereocenters. The molecule has 0 bridgehead atoms. The molecule has 1 rings (SSSR count). The molecule has 0 aliphatic carbocycles. The third-order valence-electron chi connectivity index (χ3n) is 0.939. The highest BCUT2D eigenvalue weighted by Crippen LogP contribution is 2.01. The number of hydrogen-bond donors (Lipinski definition) is 0. The Morgan fingerprint density at radius 3 is 3.11 bits per heavy atom. The Morgan fingerprint density at radius 1 is 1.89 bits per heavy atom. The van der Waals surface area contributed by atoms with Crippen molar-refractivity contribution in [3.8, 4) is 0 Å². The van der Waals surface area contributed by atoms with Crippen LogP contribution in [0.4, 0.5) is 0 Å². The van der Waals surface area contributed by atoms with Crippen molar-refractivity contribution in [2.75, 3.05) is 0 Å². The monoisotopic (exact) mass is 157 g/mol. The maximum atomic E-state index is 4.98. The summed E-state index contributed by atoms with van der Waals surface area (Å²) < 4.78 is 2.89. The molecule has 0 fully saturated rings. The summed E-state index contributed by atoms with van der Waals surface area (Å²) in [5, 5.41) is 1.98. The lowest BCUT2D eigenvalue weighted by Crippen LogP contribution is -1.86. The van der Waals surface area contributed by atoms with Crippen molar-refractivity contribution in [3.63, 3.8) is 0 Å². The second-order valence-corrected chi connectivity index (χ2v) is 2.94. The van der Waals surface area contributed by atoms with Gasteiger partial charge >= 0.3 is 0 Å². The van der Waals surface area contributed by atoms with Crippen molar-refractivity contribution in [1.82, 2.24) is 3.96 Å². The van der Waals surface area contributed by atoms with Gasteiger partial charge in [0.15, 0.2) is 0 Å². The van der Waals surface area contributed by atoms with E-state index in [1.54, 1.807) is 11.5 Å². The average Bonchev–Trinajstić information content (AvgIpc) is 2.18. The minimum absolute atomic E-state index is 0.830. The fourth-order valence-corrected chi connectivity index (χ4v) is 1.60. The Kier molecular flexibility index (Phi) is 2.19. The third kappa shape index (κ3) is 1.50. The molecule has 0 spiro atoms. The molecule has 1 aromatic heterocycles. The number of aromatic nitrogens is 1. The number of allylic oxidation sites excluding steroid dienone is 1. The average molecular weight is 157 g/mol. The molecular weight excluding hydrogens is 150 g/mol. The molecular formula is C6H7NS2. The lowest BCUT2D eigenvalue weighted by molar-refractivity contribution is 0.902. The van der Waals surface area contributed by atoms with Gasteiger partial charge in [-0.2, -0.15) is 0 Å². The second kappa shape index (κ2) is 2.94. The molecule has 0 saturated heterocycles. The fourth-order valence-electron chi connectivity index (χ4n) is 0.547. The van der Waals surface area contributed by atoms with E-state index in [9.17, 15) is 0 Å². The summed E-state index contributed by atoms with van der Waals surface area (Å²) in [5.41, 5.74) is 0. The highest BCUT2D eigenvalue weighted by atomic mass is 32.1. The summed E-state index contributed by atoms with van der Waals surface area (Å²) >= 11 is 6.59. The zero-order valence-electron chi connectivity index (χ0n) is 4.91. The molecule has 0 atom stereocenters. The van der Waals surface area contributed by atoms with E-state index in [1.807, 2.05) is 21.5 Å². The van der Waals surface area contributed by atoms with E-state index in [0.717, 1.165) is 11.2 Å². The molecule has 0 radical (unpaired) electrons. The van der Waals surface area contributed by atoms with Crippen molar-refractivity contribution in [2.24, 2.45) is 0 Å². The maximum Gasteiger partial charge on any atom is 0.116 e. The molecule has 0 aliphatic rings. The van der Waals surface area contributed by atoms with Crippen LogP contribution < -0.4 is 0 Å². The molecule has 0 aliphatic heterocycles. The first-order valence-electron chi connectivity index (χ1n) is 2.60. The van der Waals surface area contributed by atoms with E-state index < -0.39 is 0 Å². The van der Waals surface area contributed by atoms with Crippen LogP contribution in [0.25, 0.3) is 0 Å². The molecule has 3 heteroatoms. The molecule has 48 valence electrons. The lowest BCUT2D eigenvalue weighted by atomic mass is 10.6. The van der Waals surface area contributed by atoms with Gasteiger partial charge < -0.3 is 0 Å². The summed E-state index contributed by atoms with van der Waals surface area (Å²) in [7, 11) is 0. The molecule has 0 saturated carbocycles. The molecule has 1 heterocycles. The Morgan fingerprint density at radius 2 is 2.67 bits per heavy atom. The van der Waals surface area contributed by atoms with Gasteiger partial charge in [0, 0.05) is 5.38 Å². The van der Waals surface area contributed by atoms with Gasteiger partial charge in [-0.05, 0) is 6.07 Å². The van der Waals surface area contributed by atoms with Gasteiger partial charge in [0.2, 0.25) is 0 Å². The summed E-state index contributed by atoms with van der Waals surface area (Å²) in [5.74, 6) is 0. The van der Waals surface area contributed by atoms with Gasteiger partial charge in [-0.3, -0.25) is 3.96 Å². The first kappa shape index (κ1) is 6.71. The number of hydrogen-bond acceptors (Lipinski definition) is 2. The topological polar surface area (TPSA) is 4.93 Å². The van der Waals surface area contributed by atoms with Gasteiger partial charge in [0.1, 0.15) is 4.64 Å². The molecule has 1 nitrogen and oxygen atoms in total. The van der Waals surface area contributed by atoms with Crippen LogP contribution in [-0.2, 0) is 6.54 Å². The summed E-state index contributed by atoms with van der Waals surface area (Å²) in [6, 6.07) is 1.92. The van der Waals surface area contributed by atoms with E-state index in [4.69, 9.17) is 12.2 Å². The maximum absolute atomic E-state index is 4.98. The van der Waals surface area contributed by atoms with Crippen LogP contribution >= 0.6 is 23.8 Å². The summed E-state index contributed by atoms with van der Waals surface area (Å²) in [6.07, 6.45) is 1.84. The first-order valence-corrected chi connectivity index (χ1v) is 3.85. The largest absolute Gasteiger partial charge is 0.284 e. The predicted molar refractivity (Wildman–Crippen MR) is 43.3 cm³/mol. The van der Waals surface area contributed by atoms with Crippen LogP contribution in [0.2, 0.25) is 0 Å². The Balaban J connectivity index is 2.93. The Bertz CT molecular complexity index is 246. The second-order valence-electron chi connectivity index (χ2n) is 1.60. The van der Waals surface area contributed by atoms with E-state index in [2.05, 4.69) is 6.58 Å². The smallest absolute Gasteiger partial charge is 0.116 e. The zero-order chi connectivity index (χ0) is 6.69. The van der Waals surface area contributed by atoms with Crippen LogP contribution in [-0.4, -0.2) is 3.96 Å². The first-order chi connectivity index (χ1) is 4.34. The molecule has 0 aromatic carbocycles. The fraction of sp³-hybridized carbons (Fsp3) is 0.167. The lowest BCUT2D eigenvalue weighted by Gasteiger charge is -1.90. The molecule has 1 aromatic rings. The van der Waals surface area contributed by atoms with Crippen molar-refractivity contribution < 1.29 is 0 Å². The third-order valence-corrected chi connectivity index (χ3v) is 2.27. The minimum atomic E-state index is 0.830. The molecule has 0 amide bonds. The van der Waals surface area contributed by atoms with Gasteiger partial charge in [0.25, 0.3) is 0 Å². The van der Waals surface area contributed by atoms with Crippen molar-refractivity contribution in [2.45, 2.75) is 6.54 Å². The molecule has 9 heavy (non-hydrogen) atoms. The van der Waals surface area contributed by atoms with Gasteiger partial charge in [-0.1, -0.05) is 29.8 Å². The quantitative estimate of drug-likeness (QED) is 0.471. The SMILES string of the molecule is C=CCn1sccc1=S. The molecule has 0 N–H and O–H groups in total. The Hall–Kier alpha value is -0.410. The van der Waals surface area contributed by atoms with Crippen LogP contribution in [0.15, 0.2) is 24.1 Å². The van der Waals surface area contributed by atoms with Gasteiger partial charge in [-0.15, -0.1) is 6.58 Å². The van der Waals surface area contributed by atoms with Gasteiger partial charge in [-0.25, -0.2) is 0 Å². The highest BCUT2D eigenvalue weighted by Gasteiger charge is 1.86. The normalized spacial score (nSPS) is 9.33. The van der Waals surface area contributed by atoms with Crippen molar-refractivity contribution in [1.29, 1.82) is 0 Å². The number of rotatable bonds is 2. The van der Waals surface area contributed by atoms with Crippen molar-refractivity contribution in [3.05, 3.63) is 28.7 Å². The minimum Gasteiger partial charge on any atom is -0.284 e. The summed E-state index contributed by atoms with van der Waals surface area (Å²) in [6.45, 7) is 4.45. The summed E-state index contributed by atoms with van der Waals surface area (Å²) in [4.78, 5) is 0. The van der Waals surface area contributed by atoms with E-state index in [0.29, 0.717) is 0 Å². The van der Waals surface area contributed by atoms with E-state index in [1.165, 1.54) is 0 Å². The number of nitrogens with zero attached hydrogens (tertiary/aromatic N) is 1. The standard InChI is InChI=1S/C6H7NS2/c1-2-4-7-6(8)3-5-9-7/h2-3,5H,1,4H2. The van der Waals surface area contributed by atoms with Crippen LogP contribution in [0, 0.1) is 4.64 Å². The zero-order valence-corrected chi connectivity index (χ0v) is 6.54. The highest BCUT2D eigenvalue weighted by molar-refractivity contribution is 7.71. The van der Waals surface area contributed by atoms with Gasteiger partial charge in [0.05, 0.1) is 6.54 Å². The van der Waals surface area contributed by atoms with E-state index >= 15 is 0 Å². The van der Waals surface area contributed by atoms with Crippen LogP contribution in [0.5, 0.6) is 0 Å². The van der Waals surface area contributed by atoms with Crippen LogP contribution in [0.3, 0.4) is 0 Å².